The molecule has 1 aromatic heterocycles. The topological polar surface area (TPSA) is 360 Å². The number of rotatable bonds is 27. The van der Waals surface area contributed by atoms with E-state index in [-0.39, 0.29) is 173 Å². The van der Waals surface area contributed by atoms with Crippen LogP contribution in [0.2, 0.25) is 0 Å². The highest BCUT2D eigenvalue weighted by atomic mass is 32.1. The molecule has 6 aliphatic carbocycles. The van der Waals surface area contributed by atoms with Crippen LogP contribution < -0.4 is 10.7 Å². The first-order valence-corrected chi connectivity index (χ1v) is 53.1. The molecule has 4 N–H and O–H groups in total. The third kappa shape index (κ3) is 25.5. The lowest BCUT2D eigenvalue weighted by Gasteiger charge is -2.40. The molecule has 0 unspecified atom stereocenters. The normalized spacial score (nSPS) is 39.7. The maximum atomic E-state index is 12.9. The van der Waals surface area contributed by atoms with Crippen LogP contribution in [0.15, 0.2) is 69.8 Å². The van der Waals surface area contributed by atoms with Crippen molar-refractivity contribution in [2.24, 2.45) is 29.6 Å². The predicted molar refractivity (Wildman–Crippen MR) is 516 cm³/mol. The molecule has 14 heterocycles. The number of piperidine rings is 1. The number of morpholine rings is 1. The zero-order valence-corrected chi connectivity index (χ0v) is 85.7. The number of aliphatic hydroxyl groups is 2. The summed E-state index contributed by atoms with van der Waals surface area (Å²) < 4.78 is 94.6. The third-order valence-electron chi connectivity index (χ3n) is 34.0. The van der Waals surface area contributed by atoms with Crippen molar-refractivity contribution in [1.82, 2.24) is 35.0 Å². The summed E-state index contributed by atoms with van der Waals surface area (Å²) in [5, 5.41) is 25.3. The van der Waals surface area contributed by atoms with E-state index in [1.165, 1.54) is 76.2 Å². The fourth-order valence-electron chi connectivity index (χ4n) is 24.7. The summed E-state index contributed by atoms with van der Waals surface area (Å²) in [5.41, 5.74) is 8.28. The standard InChI is InChI=1S/C25H40N2O4.C21H34N2O4.C20H33NO6.C20H31NO5.C19H26N2O4S/c1-18(2)8-9-22-24(3,31-22)21-16-20(10-11-25(21)17-29-25)30-23(28)27-14-12-26(13-15-27)19-6-4-5-7-19;1-15(2)7-8-18-20(3,27-18)17-13-16(9-10-21(17)14-25-21)26-19(24)22-23-11-5-4-6-12-23;1-14(2)4-5-17-19(3,27-17)16-12-15(6-7-20(16)13-25-20)26-18(24)21(8-10-22)9-11-23;1-14(2)4-5-17-19(3,26-17)16-12-15(6-7-20(16)13-24-20)25-18(22)21-8-10-23-11-9-21;1-12(2)4-5-15-18(3,25-15)14-10-13(6-7-19(14)11-23-19)24-17(22)21-16-20-8-9-26-16/h8,19-22H,4-7,9-17H2,1-3H3;7,16-18H,4-6,8-14H2,1-3H3,(H,22,24);4,15-17,22-23H,5-13H2,1-3H3;4,15-17H,5-13H2,1-3H3;4,8-9,13-15H,5-7,10-11H2,1-3H3,(H,20,21,22)/t20-,21-,22-,24-,25+;16-,17-,18-,20-,21+;2*15-,16-,17-,19-,20+;13-,14-,15-,18-,19+/m11111/s1. The second kappa shape index (κ2) is 43.6. The smallest absolute Gasteiger partial charge is 0.422 e. The van der Waals surface area contributed by atoms with Crippen molar-refractivity contribution in [3.05, 3.63) is 69.8 Å². The monoisotopic (exact) mass is 1940 g/mol. The van der Waals surface area contributed by atoms with Crippen LogP contribution in [0.1, 0.15) is 277 Å². The number of carbonyl (C=O) groups is 5. The molecule has 31 nitrogen and oxygen atoms in total. The highest BCUT2D eigenvalue weighted by molar-refractivity contribution is 7.13. The van der Waals surface area contributed by atoms with Gasteiger partial charge in [-0.2, -0.15) is 0 Å². The SMILES string of the molecule is CC(C)=CC[C@H]1O[C@]1(C)[C@H]1C[C@H](OC(=O)N(CCO)CCO)CC[C@]12CO2.CC(C)=CC[C@H]1O[C@]1(C)[C@H]1C[C@H](OC(=O)N2CCN(C3CCCC3)CC2)CC[C@]12CO2.CC(C)=CC[C@H]1O[C@]1(C)[C@H]1C[C@H](OC(=O)N2CCOCC2)CC[C@]12CO2.CC(C)=CC[C@H]1O[C@]1(C)[C@H]1C[C@H](OC(=O)NN2CCCCC2)CC[C@]12CO2.CC(C)=CC[C@H]1O[C@]1(C)[C@H]1C[C@H](OC(=O)Nc2nccs2)CC[C@]12CO2. The van der Waals surface area contributed by atoms with E-state index in [1.807, 2.05) is 15.3 Å². The summed E-state index contributed by atoms with van der Waals surface area (Å²) >= 11 is 1.38. The Bertz CT molecular complexity index is 4400. The molecule has 19 aliphatic rings. The Morgan fingerprint density at radius 1 is 0.423 bits per heavy atom. The fourth-order valence-corrected chi connectivity index (χ4v) is 25.3. The third-order valence-corrected chi connectivity index (χ3v) is 34.7. The Labute approximate surface area is 817 Å². The number of carbonyl (C=O) groups excluding carboxylic acids is 5. The molecule has 0 bridgehead atoms. The second-order valence-corrected chi connectivity index (χ2v) is 46.0. The number of aromatic nitrogens is 1. The average molecular weight is 1940 g/mol. The number of hydrogen-bond acceptors (Lipinski definition) is 27. The Kier molecular flexibility index (Phi) is 33.0. The van der Waals surface area contributed by atoms with Gasteiger partial charge in [0.05, 0.1) is 146 Å². The van der Waals surface area contributed by atoms with Gasteiger partial charge in [-0.25, -0.2) is 34.0 Å². The number of epoxide rings is 10. The van der Waals surface area contributed by atoms with Crippen molar-refractivity contribution >= 4 is 46.9 Å². The van der Waals surface area contributed by atoms with Crippen molar-refractivity contribution in [2.45, 2.75) is 400 Å². The van der Waals surface area contributed by atoms with Crippen LogP contribution in [0.3, 0.4) is 0 Å². The van der Waals surface area contributed by atoms with Gasteiger partial charge in [0.2, 0.25) is 0 Å². The van der Waals surface area contributed by atoms with Gasteiger partial charge in [-0.15, -0.1) is 11.3 Å². The lowest BCUT2D eigenvalue weighted by molar-refractivity contribution is -0.0233. The van der Waals surface area contributed by atoms with Gasteiger partial charge >= 0.3 is 30.5 Å². The quantitative estimate of drug-likeness (QED) is 0.0361. The van der Waals surface area contributed by atoms with Crippen LogP contribution in [0.5, 0.6) is 0 Å². The number of ether oxygens (including phenoxy) is 16. The van der Waals surface area contributed by atoms with Crippen LogP contribution in [-0.2, 0) is 75.8 Å². The molecule has 1 aromatic rings. The number of amides is 5. The maximum Gasteiger partial charge on any atom is 0.422 e. The van der Waals surface area contributed by atoms with Crippen LogP contribution in [0.4, 0.5) is 29.1 Å². The van der Waals surface area contributed by atoms with E-state index in [9.17, 15) is 24.0 Å². The molecule has 0 radical (unpaired) electrons. The number of nitrogens with zero attached hydrogens (tertiary/aromatic N) is 6. The Morgan fingerprint density at radius 2 is 0.745 bits per heavy atom. The first kappa shape index (κ1) is 104. The lowest BCUT2D eigenvalue weighted by atomic mass is 9.70. The zero-order chi connectivity index (χ0) is 97.1. The molecule has 25 atom stereocenters. The van der Waals surface area contributed by atoms with E-state index in [0.717, 1.165) is 220 Å². The maximum absolute atomic E-state index is 12.9. The molecule has 5 amide bonds. The molecule has 13 saturated heterocycles. The van der Waals surface area contributed by atoms with E-state index >= 15 is 0 Å². The van der Waals surface area contributed by atoms with Gasteiger partial charge in [0.15, 0.2) is 5.13 Å². The molecular weight excluding hydrogens is 1770 g/mol. The van der Waals surface area contributed by atoms with E-state index in [4.69, 9.17) is 86.0 Å². The highest BCUT2D eigenvalue weighted by Crippen LogP contribution is 2.65. The number of allylic oxidation sites excluding steroid dienone is 5. The predicted octanol–water partition coefficient (Wildman–Crippen LogP) is 16.6. The molecule has 20 rings (SSSR count). The number of thiazole rings is 1. The number of anilines is 1. The van der Waals surface area contributed by atoms with Crippen LogP contribution in [0.25, 0.3) is 0 Å². The van der Waals surface area contributed by atoms with Gasteiger partial charge in [-0.05, 0) is 258 Å². The molecule has 5 spiro atoms. The molecule has 13 aliphatic heterocycles. The first-order valence-electron chi connectivity index (χ1n) is 52.2. The minimum absolute atomic E-state index is 0.0229. The molecule has 19 fully saturated rings. The van der Waals surface area contributed by atoms with Gasteiger partial charge in [0, 0.05) is 113 Å². The lowest BCUT2D eigenvalue weighted by Crippen LogP contribution is -2.52. The van der Waals surface area contributed by atoms with Crippen molar-refractivity contribution in [1.29, 1.82) is 0 Å². The minimum Gasteiger partial charge on any atom is -0.446 e. The Hall–Kier alpha value is -5.92. The average Bonchev–Trinajstić information content (AvgIpc) is 1.56. The van der Waals surface area contributed by atoms with Crippen molar-refractivity contribution in [3.63, 3.8) is 0 Å². The molecular formula is C105H164N8O23S. The second-order valence-electron chi connectivity index (χ2n) is 45.1. The number of aliphatic hydroxyl groups excluding tert-OH is 2. The zero-order valence-electron chi connectivity index (χ0n) is 84.9. The molecule has 32 heteroatoms. The van der Waals surface area contributed by atoms with Crippen molar-refractivity contribution in [3.8, 4) is 0 Å². The molecule has 137 heavy (non-hydrogen) atoms. The van der Waals surface area contributed by atoms with E-state index in [2.05, 4.69) is 155 Å². The van der Waals surface area contributed by atoms with Gasteiger partial charge < -0.3 is 101 Å². The highest BCUT2D eigenvalue weighted by Gasteiger charge is 2.74. The summed E-state index contributed by atoms with van der Waals surface area (Å²) in [7, 11) is 0. The fraction of sp³-hybridized carbons (Fsp3) is 0.829. The Balaban J connectivity index is 0.000000124. The number of nitrogens with one attached hydrogen (secondary N) is 2. The number of hydrogen-bond donors (Lipinski definition) is 4. The van der Waals surface area contributed by atoms with Gasteiger partial charge in [0.1, 0.15) is 30.5 Å². The molecule has 768 valence electrons. The van der Waals surface area contributed by atoms with Crippen LogP contribution in [-0.4, -0.2) is 318 Å². The summed E-state index contributed by atoms with van der Waals surface area (Å²) in [6, 6.07) is 0.741. The molecule has 0 aromatic carbocycles. The van der Waals surface area contributed by atoms with E-state index in [1.54, 1.807) is 11.1 Å². The van der Waals surface area contributed by atoms with Crippen LogP contribution in [0, 0.1) is 29.6 Å². The van der Waals surface area contributed by atoms with Gasteiger partial charge in [-0.1, -0.05) is 77.5 Å². The minimum atomic E-state index is -0.475. The van der Waals surface area contributed by atoms with E-state index in [0.29, 0.717) is 49.2 Å². The summed E-state index contributed by atoms with van der Waals surface area (Å²) in [6.07, 6.45) is 38.6. The van der Waals surface area contributed by atoms with E-state index < -0.39 is 12.2 Å². The summed E-state index contributed by atoms with van der Waals surface area (Å²) in [5.74, 6) is 1.36. The number of hydrazine groups is 1. The molecule has 6 saturated carbocycles. The summed E-state index contributed by atoms with van der Waals surface area (Å²) in [6.45, 7) is 44.0. The van der Waals surface area contributed by atoms with Gasteiger partial charge in [-0.3, -0.25) is 15.6 Å². The Morgan fingerprint density at radius 3 is 1.06 bits per heavy atom. The van der Waals surface area contributed by atoms with Gasteiger partial charge in [0.25, 0.3) is 0 Å². The summed E-state index contributed by atoms with van der Waals surface area (Å²) in [4.78, 5) is 73.8. The van der Waals surface area contributed by atoms with Crippen molar-refractivity contribution < 1.29 is 110 Å². The number of piperazine rings is 1. The van der Waals surface area contributed by atoms with Crippen molar-refractivity contribution in [2.75, 3.05) is 130 Å². The first-order chi connectivity index (χ1) is 65.5. The largest absolute Gasteiger partial charge is 0.446 e. The van der Waals surface area contributed by atoms with Crippen LogP contribution >= 0.6 is 11.3 Å².